The van der Waals surface area contributed by atoms with Crippen LogP contribution in [0.5, 0.6) is 17.2 Å². The summed E-state index contributed by atoms with van der Waals surface area (Å²) < 4.78 is 15.8. The fraction of sp³-hybridized carbons (Fsp3) is 0.348. The van der Waals surface area contributed by atoms with Crippen molar-refractivity contribution in [2.45, 2.75) is 38.1 Å². The molecular formula is C23H27N3O4S. The number of esters is 1. The van der Waals surface area contributed by atoms with Gasteiger partial charge in [0, 0.05) is 6.04 Å². The van der Waals surface area contributed by atoms with Crippen LogP contribution in [0.4, 0.5) is 0 Å². The van der Waals surface area contributed by atoms with Crippen LogP contribution in [-0.2, 0) is 0 Å². The van der Waals surface area contributed by atoms with Crippen LogP contribution in [0.2, 0.25) is 0 Å². The summed E-state index contributed by atoms with van der Waals surface area (Å²) in [5.74, 6) is 0.958. The zero-order valence-corrected chi connectivity index (χ0v) is 18.5. The number of thiocarbonyl (C=S) groups is 1. The molecule has 164 valence electrons. The van der Waals surface area contributed by atoms with Gasteiger partial charge in [0.25, 0.3) is 0 Å². The van der Waals surface area contributed by atoms with Crippen molar-refractivity contribution >= 4 is 29.5 Å². The lowest BCUT2D eigenvalue weighted by molar-refractivity contribution is 0.0734. The molecule has 0 unspecified atom stereocenters. The van der Waals surface area contributed by atoms with Gasteiger partial charge in [-0.15, -0.1) is 0 Å². The van der Waals surface area contributed by atoms with Crippen molar-refractivity contribution in [2.75, 3.05) is 14.2 Å². The highest BCUT2D eigenvalue weighted by atomic mass is 32.1. The van der Waals surface area contributed by atoms with Crippen molar-refractivity contribution < 1.29 is 19.0 Å². The minimum atomic E-state index is -0.483. The predicted molar refractivity (Wildman–Crippen MR) is 124 cm³/mol. The first kappa shape index (κ1) is 22.6. The summed E-state index contributed by atoms with van der Waals surface area (Å²) in [6.45, 7) is 0. The third kappa shape index (κ3) is 6.68. The molecular weight excluding hydrogens is 414 g/mol. The smallest absolute Gasteiger partial charge is 0.343 e. The molecule has 3 rings (SSSR count). The Kier molecular flexibility index (Phi) is 8.23. The molecule has 0 radical (unpaired) electrons. The first-order chi connectivity index (χ1) is 15.1. The number of nitrogens with one attached hydrogen (secondary N) is 2. The molecule has 0 aromatic heterocycles. The van der Waals surface area contributed by atoms with E-state index < -0.39 is 5.97 Å². The van der Waals surface area contributed by atoms with Crippen molar-refractivity contribution in [3.05, 3.63) is 53.6 Å². The number of ether oxygens (including phenoxy) is 3. The molecule has 1 saturated carbocycles. The Hall–Kier alpha value is -3.13. The zero-order chi connectivity index (χ0) is 22.1. The maximum Gasteiger partial charge on any atom is 0.343 e. The molecule has 0 spiro atoms. The Morgan fingerprint density at radius 3 is 2.42 bits per heavy atom. The van der Waals surface area contributed by atoms with Gasteiger partial charge >= 0.3 is 5.97 Å². The minimum absolute atomic E-state index is 0.367. The SMILES string of the molecule is COc1ccc(C(=O)Oc2ccc(/C=N/NC(=S)NC3CCCCC3)cc2)cc1OC. The third-order valence-electron chi connectivity index (χ3n) is 5.03. The number of hydrogen-bond acceptors (Lipinski definition) is 6. The van der Waals surface area contributed by atoms with Crippen molar-refractivity contribution in [3.8, 4) is 17.2 Å². The average molecular weight is 442 g/mol. The Morgan fingerprint density at radius 1 is 1.03 bits per heavy atom. The van der Waals surface area contributed by atoms with Gasteiger partial charge in [-0.2, -0.15) is 5.10 Å². The summed E-state index contributed by atoms with van der Waals surface area (Å²) in [5.41, 5.74) is 4.06. The highest BCUT2D eigenvalue weighted by Crippen LogP contribution is 2.28. The summed E-state index contributed by atoms with van der Waals surface area (Å²) in [5, 5.41) is 8.00. The van der Waals surface area contributed by atoms with E-state index in [-0.39, 0.29) is 0 Å². The second-order valence-electron chi connectivity index (χ2n) is 7.21. The largest absolute Gasteiger partial charge is 0.493 e. The number of rotatable bonds is 7. The van der Waals surface area contributed by atoms with E-state index in [2.05, 4.69) is 15.8 Å². The molecule has 2 aromatic rings. The molecule has 8 heteroatoms. The fourth-order valence-electron chi connectivity index (χ4n) is 3.38. The number of hydrazone groups is 1. The van der Waals surface area contributed by atoms with Crippen molar-refractivity contribution in [1.29, 1.82) is 0 Å². The van der Waals surface area contributed by atoms with Gasteiger partial charge in [-0.1, -0.05) is 19.3 Å². The second-order valence-corrected chi connectivity index (χ2v) is 7.61. The number of carbonyl (C=O) groups excluding carboxylic acids is 1. The van der Waals surface area contributed by atoms with E-state index in [1.807, 2.05) is 0 Å². The Labute approximate surface area is 187 Å². The highest BCUT2D eigenvalue weighted by Gasteiger charge is 2.14. The van der Waals surface area contributed by atoms with Crippen LogP contribution in [0, 0.1) is 0 Å². The molecule has 0 bridgehead atoms. The van der Waals surface area contributed by atoms with Gasteiger partial charge in [0.2, 0.25) is 0 Å². The van der Waals surface area contributed by atoms with Crippen molar-refractivity contribution in [2.24, 2.45) is 5.10 Å². The van der Waals surface area contributed by atoms with E-state index in [1.54, 1.807) is 48.7 Å². The normalized spacial score (nSPS) is 14.1. The maximum atomic E-state index is 12.4. The molecule has 0 heterocycles. The van der Waals surface area contributed by atoms with Gasteiger partial charge in [-0.25, -0.2) is 4.79 Å². The third-order valence-corrected chi connectivity index (χ3v) is 5.24. The summed E-state index contributed by atoms with van der Waals surface area (Å²) in [4.78, 5) is 12.4. The molecule has 1 aliphatic carbocycles. The van der Waals surface area contributed by atoms with Gasteiger partial charge < -0.3 is 19.5 Å². The second kappa shape index (κ2) is 11.3. The van der Waals surface area contributed by atoms with E-state index in [1.165, 1.54) is 33.5 Å². The molecule has 0 atom stereocenters. The van der Waals surface area contributed by atoms with Gasteiger partial charge in [-0.3, -0.25) is 5.43 Å². The van der Waals surface area contributed by atoms with E-state index in [4.69, 9.17) is 26.4 Å². The van der Waals surface area contributed by atoms with E-state index in [0.717, 1.165) is 18.4 Å². The van der Waals surface area contributed by atoms with Gasteiger partial charge in [0.15, 0.2) is 16.6 Å². The lowest BCUT2D eigenvalue weighted by atomic mass is 9.96. The fourth-order valence-corrected chi connectivity index (χ4v) is 3.60. The molecule has 7 nitrogen and oxygen atoms in total. The average Bonchev–Trinajstić information content (AvgIpc) is 2.80. The lowest BCUT2D eigenvalue weighted by Crippen LogP contribution is -2.40. The summed E-state index contributed by atoms with van der Waals surface area (Å²) in [7, 11) is 3.05. The quantitative estimate of drug-likeness (QED) is 0.221. The van der Waals surface area contributed by atoms with E-state index >= 15 is 0 Å². The summed E-state index contributed by atoms with van der Waals surface area (Å²) >= 11 is 5.29. The number of nitrogens with zero attached hydrogens (tertiary/aromatic N) is 1. The van der Waals surface area contributed by atoms with Crippen LogP contribution in [0.25, 0.3) is 0 Å². The molecule has 0 aliphatic heterocycles. The minimum Gasteiger partial charge on any atom is -0.493 e. The summed E-state index contributed by atoms with van der Waals surface area (Å²) in [6.07, 6.45) is 7.74. The Morgan fingerprint density at radius 2 is 1.74 bits per heavy atom. The van der Waals surface area contributed by atoms with Crippen molar-refractivity contribution in [1.82, 2.24) is 10.7 Å². The first-order valence-electron chi connectivity index (χ1n) is 10.2. The topological polar surface area (TPSA) is 81.2 Å². The predicted octanol–water partition coefficient (Wildman–Crippen LogP) is 4.05. The van der Waals surface area contributed by atoms with E-state index in [9.17, 15) is 4.79 Å². The molecule has 1 fully saturated rings. The van der Waals surface area contributed by atoms with Crippen LogP contribution < -0.4 is 25.0 Å². The molecule has 31 heavy (non-hydrogen) atoms. The van der Waals surface area contributed by atoms with Crippen LogP contribution in [0.1, 0.15) is 48.0 Å². The van der Waals surface area contributed by atoms with Gasteiger partial charge in [0.05, 0.1) is 26.0 Å². The Bertz CT molecular complexity index is 925. The Balaban J connectivity index is 1.51. The number of hydrogen-bond donors (Lipinski definition) is 2. The first-order valence-corrected chi connectivity index (χ1v) is 10.6. The number of carbonyl (C=O) groups is 1. The van der Waals surface area contributed by atoms with Crippen LogP contribution in [0.15, 0.2) is 47.6 Å². The van der Waals surface area contributed by atoms with Crippen LogP contribution >= 0.6 is 12.2 Å². The molecule has 1 aliphatic rings. The van der Waals surface area contributed by atoms with Crippen LogP contribution in [0.3, 0.4) is 0 Å². The van der Waals surface area contributed by atoms with Crippen LogP contribution in [-0.4, -0.2) is 37.6 Å². The monoisotopic (exact) mass is 441 g/mol. The molecule has 0 amide bonds. The lowest BCUT2D eigenvalue weighted by Gasteiger charge is -2.23. The number of benzene rings is 2. The number of methoxy groups -OCH3 is 2. The van der Waals surface area contributed by atoms with Crippen molar-refractivity contribution in [3.63, 3.8) is 0 Å². The molecule has 2 aromatic carbocycles. The standard InChI is InChI=1S/C23H27N3O4S/c1-28-20-13-10-17(14-21(20)29-2)22(27)30-19-11-8-16(9-12-19)15-24-26-23(31)25-18-6-4-3-5-7-18/h8-15,18H,3-7H2,1-2H3,(H2,25,26,31)/b24-15+. The molecule has 0 saturated heterocycles. The summed E-state index contributed by atoms with van der Waals surface area (Å²) in [6, 6.07) is 12.3. The van der Waals surface area contributed by atoms with E-state index in [0.29, 0.717) is 34.0 Å². The van der Waals surface area contributed by atoms with Gasteiger partial charge in [-0.05, 0) is 73.1 Å². The van der Waals surface area contributed by atoms with Gasteiger partial charge in [0.1, 0.15) is 5.75 Å². The maximum absolute atomic E-state index is 12.4. The molecule has 2 N–H and O–H groups in total. The zero-order valence-electron chi connectivity index (χ0n) is 17.7. The highest BCUT2D eigenvalue weighted by molar-refractivity contribution is 7.80.